The van der Waals surface area contributed by atoms with Gasteiger partial charge in [0.2, 0.25) is 0 Å². The summed E-state index contributed by atoms with van der Waals surface area (Å²) in [5.74, 6) is 0. The van der Waals surface area contributed by atoms with Crippen LogP contribution in [0.25, 0.3) is 63.9 Å². The molecule has 0 fully saturated rings. The van der Waals surface area contributed by atoms with Crippen molar-refractivity contribution in [1.82, 2.24) is 4.98 Å². The Balaban J connectivity index is 1.79. The third-order valence-electron chi connectivity index (χ3n) is 6.20. The maximum Gasteiger partial charge on any atom is 0.0559 e. The smallest absolute Gasteiger partial charge is 0.0559 e. The van der Waals surface area contributed by atoms with Gasteiger partial charge in [0.05, 0.1) is 5.52 Å². The zero-order valence-electron chi connectivity index (χ0n) is 16.1. The van der Waals surface area contributed by atoms with Gasteiger partial charge in [-0.05, 0) is 22.6 Å². The van der Waals surface area contributed by atoms with Gasteiger partial charge in [0.25, 0.3) is 0 Å². The summed E-state index contributed by atoms with van der Waals surface area (Å²) < 4.78 is 2.74. The van der Waals surface area contributed by atoms with Crippen molar-refractivity contribution in [2.24, 2.45) is 0 Å². The van der Waals surface area contributed by atoms with E-state index in [9.17, 15) is 0 Å². The second kappa shape index (κ2) is 5.94. The van der Waals surface area contributed by atoms with Gasteiger partial charge in [-0.1, -0.05) is 91.0 Å². The first-order valence-electron chi connectivity index (χ1n) is 10.2. The molecular weight excluding hydrogens is 382 g/mol. The van der Waals surface area contributed by atoms with Crippen LogP contribution in [0.5, 0.6) is 0 Å². The van der Waals surface area contributed by atoms with E-state index in [1.165, 1.54) is 63.9 Å². The van der Waals surface area contributed by atoms with Crippen molar-refractivity contribution in [3.63, 3.8) is 0 Å². The molecule has 0 spiro atoms. The molecule has 0 bridgehead atoms. The number of rotatable bonds is 1. The lowest BCUT2D eigenvalue weighted by Crippen LogP contribution is -1.79. The molecule has 1 nitrogen and oxygen atoms in total. The van der Waals surface area contributed by atoms with Crippen LogP contribution in [0.1, 0.15) is 0 Å². The molecule has 1 N–H and O–H groups in total. The van der Waals surface area contributed by atoms with Gasteiger partial charge >= 0.3 is 0 Å². The van der Waals surface area contributed by atoms with Crippen LogP contribution in [-0.4, -0.2) is 4.98 Å². The number of thiophene rings is 1. The van der Waals surface area contributed by atoms with Crippen LogP contribution in [0.2, 0.25) is 0 Å². The summed E-state index contributed by atoms with van der Waals surface area (Å²) in [6.07, 6.45) is 0. The Labute approximate surface area is 177 Å². The first-order valence-corrected chi connectivity index (χ1v) is 11.0. The molecular formula is C28H17NS. The number of aromatic amines is 1. The van der Waals surface area contributed by atoms with E-state index in [1.807, 2.05) is 11.3 Å². The van der Waals surface area contributed by atoms with Gasteiger partial charge in [-0.2, -0.15) is 0 Å². The van der Waals surface area contributed by atoms with Crippen LogP contribution in [0.4, 0.5) is 0 Å². The average molecular weight is 400 g/mol. The SMILES string of the molecule is c1ccc(-c2cccc3c2sc2c3c3ccccc3c3[nH]c4ccccc4c32)cc1. The predicted octanol–water partition coefficient (Wildman–Crippen LogP) is 8.51. The summed E-state index contributed by atoms with van der Waals surface area (Å²) in [5.41, 5.74) is 5.03. The molecule has 0 amide bonds. The number of hydrogen-bond donors (Lipinski definition) is 1. The third kappa shape index (κ3) is 2.06. The molecule has 0 radical (unpaired) electrons. The van der Waals surface area contributed by atoms with Gasteiger partial charge in [0.15, 0.2) is 0 Å². The lowest BCUT2D eigenvalue weighted by atomic mass is 9.98. The Hall–Kier alpha value is -3.62. The van der Waals surface area contributed by atoms with Crippen molar-refractivity contribution >= 4 is 64.1 Å². The first-order chi connectivity index (χ1) is 14.9. The van der Waals surface area contributed by atoms with Crippen LogP contribution in [0, 0.1) is 0 Å². The fraction of sp³-hybridized carbons (Fsp3) is 0. The van der Waals surface area contributed by atoms with E-state index in [0.29, 0.717) is 0 Å². The van der Waals surface area contributed by atoms with Gasteiger partial charge in [0, 0.05) is 41.8 Å². The lowest BCUT2D eigenvalue weighted by Gasteiger charge is -2.05. The molecule has 7 aromatic rings. The summed E-state index contributed by atoms with van der Waals surface area (Å²) in [6.45, 7) is 0. The Kier molecular flexibility index (Phi) is 3.21. The molecule has 7 rings (SSSR count). The number of aromatic nitrogens is 1. The molecule has 30 heavy (non-hydrogen) atoms. The topological polar surface area (TPSA) is 15.8 Å². The van der Waals surface area contributed by atoms with Gasteiger partial charge in [-0.25, -0.2) is 0 Å². The number of hydrogen-bond acceptors (Lipinski definition) is 1. The largest absolute Gasteiger partial charge is 0.354 e. The van der Waals surface area contributed by atoms with Crippen molar-refractivity contribution in [3.05, 3.63) is 97.1 Å². The third-order valence-corrected chi connectivity index (χ3v) is 7.46. The molecule has 0 aliphatic rings. The lowest BCUT2D eigenvalue weighted by molar-refractivity contribution is 1.57. The molecule has 2 heterocycles. The summed E-state index contributed by atoms with van der Waals surface area (Å²) in [4.78, 5) is 3.71. The second-order valence-electron chi connectivity index (χ2n) is 7.82. The van der Waals surface area contributed by atoms with Crippen molar-refractivity contribution in [2.75, 3.05) is 0 Å². The Morgan fingerprint density at radius 2 is 1.20 bits per heavy atom. The van der Waals surface area contributed by atoms with E-state index in [2.05, 4.69) is 102 Å². The number of H-pyrrole nitrogens is 1. The summed E-state index contributed by atoms with van der Waals surface area (Å²) in [5, 5.41) is 7.99. The Bertz CT molecular complexity index is 1740. The monoisotopic (exact) mass is 399 g/mol. The fourth-order valence-corrected chi connectivity index (χ4v) is 6.32. The van der Waals surface area contributed by atoms with Crippen LogP contribution in [0.3, 0.4) is 0 Å². The average Bonchev–Trinajstić information content (AvgIpc) is 3.38. The standard InChI is InChI=1S/C28H17NS/c1-2-9-17(10-3-1)18-14-8-15-22-24-19-11-4-5-12-20(19)26-25(28(24)30-27(18)22)21-13-6-7-16-23(21)29-26/h1-16,29H. The normalized spacial score (nSPS) is 12.0. The minimum atomic E-state index is 1.20. The minimum absolute atomic E-state index is 1.20. The molecule has 2 heteroatoms. The van der Waals surface area contributed by atoms with E-state index < -0.39 is 0 Å². The van der Waals surface area contributed by atoms with Crippen molar-refractivity contribution in [1.29, 1.82) is 0 Å². The summed E-state index contributed by atoms with van der Waals surface area (Å²) in [7, 11) is 0. The van der Waals surface area contributed by atoms with E-state index in [1.54, 1.807) is 0 Å². The maximum absolute atomic E-state index is 3.71. The Morgan fingerprint density at radius 1 is 0.500 bits per heavy atom. The molecule has 0 atom stereocenters. The van der Waals surface area contributed by atoms with E-state index in [4.69, 9.17) is 0 Å². The zero-order chi connectivity index (χ0) is 19.7. The van der Waals surface area contributed by atoms with Crippen molar-refractivity contribution < 1.29 is 0 Å². The molecule has 0 aliphatic carbocycles. The molecule has 0 aliphatic heterocycles. The van der Waals surface area contributed by atoms with E-state index in [0.717, 1.165) is 0 Å². The van der Waals surface area contributed by atoms with Crippen LogP contribution in [0.15, 0.2) is 97.1 Å². The maximum atomic E-state index is 3.71. The highest BCUT2D eigenvalue weighted by molar-refractivity contribution is 7.27. The number of fused-ring (bicyclic) bond motifs is 10. The highest BCUT2D eigenvalue weighted by atomic mass is 32.1. The number of para-hydroxylation sites is 1. The molecule has 140 valence electrons. The summed E-state index contributed by atoms with van der Waals surface area (Å²) >= 11 is 1.93. The molecule has 5 aromatic carbocycles. The number of nitrogens with one attached hydrogen (secondary N) is 1. The minimum Gasteiger partial charge on any atom is -0.354 e. The predicted molar refractivity (Wildman–Crippen MR) is 132 cm³/mol. The highest BCUT2D eigenvalue weighted by Gasteiger charge is 2.18. The quantitative estimate of drug-likeness (QED) is 0.285. The van der Waals surface area contributed by atoms with E-state index >= 15 is 0 Å². The van der Waals surface area contributed by atoms with Gasteiger partial charge in [0.1, 0.15) is 0 Å². The summed E-state index contributed by atoms with van der Waals surface area (Å²) in [6, 6.07) is 34.9. The first kappa shape index (κ1) is 16.2. The second-order valence-corrected chi connectivity index (χ2v) is 8.84. The molecule has 0 saturated heterocycles. The van der Waals surface area contributed by atoms with E-state index in [-0.39, 0.29) is 0 Å². The van der Waals surface area contributed by atoms with Gasteiger partial charge < -0.3 is 4.98 Å². The van der Waals surface area contributed by atoms with Crippen LogP contribution in [-0.2, 0) is 0 Å². The molecule has 0 unspecified atom stereocenters. The highest BCUT2D eigenvalue weighted by Crippen LogP contribution is 2.48. The Morgan fingerprint density at radius 3 is 2.07 bits per heavy atom. The van der Waals surface area contributed by atoms with Gasteiger partial charge in [-0.15, -0.1) is 11.3 Å². The molecule has 2 aromatic heterocycles. The molecule has 0 saturated carbocycles. The van der Waals surface area contributed by atoms with Crippen molar-refractivity contribution in [3.8, 4) is 11.1 Å². The zero-order valence-corrected chi connectivity index (χ0v) is 17.0. The van der Waals surface area contributed by atoms with Crippen LogP contribution >= 0.6 is 11.3 Å². The number of benzene rings is 5. The van der Waals surface area contributed by atoms with Gasteiger partial charge in [-0.3, -0.25) is 0 Å². The van der Waals surface area contributed by atoms with Crippen LogP contribution < -0.4 is 0 Å². The fourth-order valence-electron chi connectivity index (χ4n) is 4.91. The van der Waals surface area contributed by atoms with Crippen molar-refractivity contribution in [2.45, 2.75) is 0 Å².